The third-order valence-corrected chi connectivity index (χ3v) is 10.8. The first-order valence-electron chi connectivity index (χ1n) is 18.4. The summed E-state index contributed by atoms with van der Waals surface area (Å²) in [7, 11) is 1.45. The predicted octanol–water partition coefficient (Wildman–Crippen LogP) is 2.97. The topological polar surface area (TPSA) is 198 Å². The number of allylic oxidation sites excluding steroid dienone is 2. The van der Waals surface area contributed by atoms with E-state index in [0.717, 1.165) is 5.56 Å². The monoisotopic (exact) mass is 769 g/mol. The van der Waals surface area contributed by atoms with Crippen molar-refractivity contribution in [2.24, 2.45) is 17.8 Å². The molecule has 5 N–H and O–H groups in total. The minimum atomic E-state index is -1.95. The van der Waals surface area contributed by atoms with Crippen LogP contribution in [0.4, 0.5) is 5.69 Å². The van der Waals surface area contributed by atoms with Crippen LogP contribution in [0.25, 0.3) is 28.0 Å². The van der Waals surface area contributed by atoms with Gasteiger partial charge in [0.15, 0.2) is 17.6 Å². The molecule has 4 bridgehead atoms. The van der Waals surface area contributed by atoms with Gasteiger partial charge in [-0.05, 0) is 43.5 Å². The van der Waals surface area contributed by atoms with Crippen molar-refractivity contribution >= 4 is 51.4 Å². The van der Waals surface area contributed by atoms with Crippen LogP contribution < -0.4 is 15.8 Å². The molecular weight excluding hydrogens is 722 g/mol. The van der Waals surface area contributed by atoms with E-state index in [9.17, 15) is 34.8 Å². The number of phenols is 1. The minimum absolute atomic E-state index is 0.0181. The molecule has 1 unspecified atom stereocenters. The number of phenolic OH excluding ortho intramolecular Hbond substituents is 1. The molecule has 14 nitrogen and oxygen atoms in total. The first-order chi connectivity index (χ1) is 26.5. The first-order valence-corrected chi connectivity index (χ1v) is 18.4. The molecule has 9 atom stereocenters. The number of aliphatic hydroxyl groups excluding tert-OH is 3. The quantitative estimate of drug-likeness (QED) is 0.145. The molecule has 0 spiro atoms. The maximum absolute atomic E-state index is 14.5. The molecule has 6 rings (SSSR count). The summed E-state index contributed by atoms with van der Waals surface area (Å²) in [6.45, 7) is 11.3. The molecule has 3 aliphatic rings. The number of ether oxygens (including phenoxy) is 4. The van der Waals surface area contributed by atoms with Crippen molar-refractivity contribution in [1.82, 2.24) is 9.38 Å². The van der Waals surface area contributed by atoms with Gasteiger partial charge in [-0.1, -0.05) is 44.9 Å². The van der Waals surface area contributed by atoms with Crippen molar-refractivity contribution in [3.05, 3.63) is 70.5 Å². The lowest BCUT2D eigenvalue weighted by Gasteiger charge is -2.33. The van der Waals surface area contributed by atoms with Crippen molar-refractivity contribution in [2.75, 3.05) is 12.4 Å². The lowest BCUT2D eigenvalue weighted by atomic mass is 9.84. The zero-order chi connectivity index (χ0) is 40.8. The van der Waals surface area contributed by atoms with Gasteiger partial charge in [0, 0.05) is 62.1 Å². The van der Waals surface area contributed by atoms with Gasteiger partial charge in [0.1, 0.15) is 28.5 Å². The second-order valence-corrected chi connectivity index (χ2v) is 14.9. The number of rotatable bonds is 2. The van der Waals surface area contributed by atoms with Crippen LogP contribution in [0.2, 0.25) is 0 Å². The third kappa shape index (κ3) is 7.31. The number of fused-ring (bicyclic) bond motifs is 2. The zero-order valence-electron chi connectivity index (χ0n) is 32.5. The summed E-state index contributed by atoms with van der Waals surface area (Å²) in [6, 6.07) is 3.61. The number of aryl methyl sites for hydroxylation is 1. The number of esters is 1. The Morgan fingerprint density at radius 2 is 1.84 bits per heavy atom. The zero-order valence-corrected chi connectivity index (χ0v) is 32.5. The lowest BCUT2D eigenvalue weighted by molar-refractivity contribution is -0.183. The molecule has 0 radical (unpaired) electrons. The summed E-state index contributed by atoms with van der Waals surface area (Å²) in [5.41, 5.74) is 1.85. The Morgan fingerprint density at radius 3 is 2.54 bits per heavy atom. The Balaban J connectivity index is 1.58. The molecule has 0 saturated carbocycles. The van der Waals surface area contributed by atoms with Gasteiger partial charge in [0.2, 0.25) is 5.78 Å². The number of amides is 1. The van der Waals surface area contributed by atoms with Crippen molar-refractivity contribution in [3.8, 4) is 17.6 Å². The molecule has 3 aromatic rings. The van der Waals surface area contributed by atoms with Crippen LogP contribution in [0.3, 0.4) is 0 Å². The number of nitrogens with zero attached hydrogens (tertiary/aromatic N) is 2. The number of aliphatic hydroxyl groups is 3. The highest BCUT2D eigenvalue weighted by atomic mass is 16.7. The van der Waals surface area contributed by atoms with Crippen molar-refractivity contribution < 1.29 is 53.8 Å². The fourth-order valence-electron chi connectivity index (χ4n) is 7.42. The number of anilines is 1. The summed E-state index contributed by atoms with van der Waals surface area (Å²) < 4.78 is 25.2. The van der Waals surface area contributed by atoms with Gasteiger partial charge in [-0.25, -0.2) is 4.98 Å². The maximum Gasteiger partial charge on any atom is 0.302 e. The molecule has 296 valence electrons. The number of hydrogen-bond donors (Lipinski definition) is 5. The summed E-state index contributed by atoms with van der Waals surface area (Å²) in [6.07, 6.45) is 4.38. The second kappa shape index (κ2) is 15.6. The molecule has 1 aromatic carbocycles. The van der Waals surface area contributed by atoms with Crippen LogP contribution in [0, 0.1) is 36.5 Å². The number of benzene rings is 1. The minimum Gasteiger partial charge on any atom is -0.505 e. The highest BCUT2D eigenvalue weighted by Gasteiger charge is 2.51. The molecule has 56 heavy (non-hydrogen) atoms. The van der Waals surface area contributed by atoms with Crippen LogP contribution in [0.15, 0.2) is 54.5 Å². The van der Waals surface area contributed by atoms with E-state index >= 15 is 0 Å². The van der Waals surface area contributed by atoms with Gasteiger partial charge in [0.05, 0.1) is 35.4 Å². The van der Waals surface area contributed by atoms with Gasteiger partial charge in [-0.3, -0.25) is 18.8 Å². The van der Waals surface area contributed by atoms with Gasteiger partial charge >= 0.3 is 5.97 Å². The number of ketones is 1. The summed E-state index contributed by atoms with van der Waals surface area (Å²) in [4.78, 5) is 45.3. The van der Waals surface area contributed by atoms with E-state index in [1.165, 1.54) is 39.4 Å². The van der Waals surface area contributed by atoms with E-state index in [4.69, 9.17) is 23.9 Å². The van der Waals surface area contributed by atoms with E-state index in [0.29, 0.717) is 5.65 Å². The molecule has 14 heteroatoms. The number of aromatic nitrogens is 2. The van der Waals surface area contributed by atoms with E-state index in [1.54, 1.807) is 56.5 Å². The molecule has 1 saturated heterocycles. The largest absolute Gasteiger partial charge is 0.505 e. The predicted molar refractivity (Wildman–Crippen MR) is 206 cm³/mol. The Kier molecular flexibility index (Phi) is 11.2. The lowest BCUT2D eigenvalue weighted by Crippen LogP contribution is -2.40. The molecule has 1 aliphatic carbocycles. The fourth-order valence-corrected chi connectivity index (χ4v) is 7.42. The number of nitrogens with one attached hydrogen (secondary N) is 1. The molecular formula is C42H47N3O11. The summed E-state index contributed by atoms with van der Waals surface area (Å²) in [5, 5.41) is 48.4. The van der Waals surface area contributed by atoms with Crippen LogP contribution in [0.5, 0.6) is 5.75 Å². The second-order valence-electron chi connectivity index (χ2n) is 14.9. The van der Waals surface area contributed by atoms with Crippen LogP contribution >= 0.6 is 0 Å². The Bertz CT molecular complexity index is 2400. The summed E-state index contributed by atoms with van der Waals surface area (Å²) >= 11 is 0. The van der Waals surface area contributed by atoms with E-state index < -0.39 is 83.2 Å². The number of hydrogen-bond acceptors (Lipinski definition) is 12. The number of Topliss-reactive ketones (excluding diaryl/α,β-unsaturated/α-hetero) is 1. The molecule has 1 amide bonds. The molecule has 4 heterocycles. The van der Waals surface area contributed by atoms with Gasteiger partial charge in [-0.15, -0.1) is 0 Å². The Morgan fingerprint density at radius 1 is 1.11 bits per heavy atom. The van der Waals surface area contributed by atoms with Crippen molar-refractivity contribution in [1.29, 1.82) is 0 Å². The highest BCUT2D eigenvalue weighted by Crippen LogP contribution is 2.36. The number of carbonyl (C=O) groups excluding carboxylic acids is 3. The van der Waals surface area contributed by atoms with Crippen LogP contribution in [0.1, 0.15) is 53.5 Å². The average molecular weight is 770 g/mol. The van der Waals surface area contributed by atoms with E-state index in [2.05, 4.69) is 17.2 Å². The standard InChI is InChI=1S/C42H47N3O11/c1-20-14-16-45-31(18-20)43-35-34-32-26(47)12-13-29-33(34)40(51)42(7,56-29)54-17-15-28(53-8)24(5)30(55-25(6)46)19-27(48)23(4)38(49)21(2)10-9-11-22(3)41(52)44-36(37(35)45)39(32)50/h9-11,14-18,21,23-24,27-30,38,47-50H,19H2,1-8H3,(H,44,52)/b10-9+,17-15+,22-11-/t21-,23-,24+,27-,28-,29?,30-,38-,42-/m0/s1. The number of methoxy groups -OCH3 is 1. The van der Waals surface area contributed by atoms with E-state index in [-0.39, 0.29) is 44.7 Å². The van der Waals surface area contributed by atoms with E-state index in [1.807, 2.05) is 13.0 Å². The number of aromatic hydroxyl groups is 1. The third-order valence-electron chi connectivity index (χ3n) is 10.8. The highest BCUT2D eigenvalue weighted by molar-refractivity contribution is 6.24. The SMILES string of the molecule is CO[C@H]1/C=C/O[C@@]2(C)OC3C#CC(O)=c4c(O)c(c5c(nc6cc(C)ccn65)c4=C3C2=O)NC(=O)/C(C)=C\C=C\[C@H](C)[C@H](O)[C@@H](C)[C@@H](O)C[C@H](OC(C)=O)[C@@H]1C. The van der Waals surface area contributed by atoms with Crippen LogP contribution in [-0.4, -0.2) is 90.9 Å². The number of imidazole rings is 1. The number of carbonyl (C=O) groups is 3. The average Bonchev–Trinajstić information content (AvgIpc) is 3.59. The van der Waals surface area contributed by atoms with Crippen LogP contribution in [-0.2, 0) is 33.3 Å². The fraction of sp³-hybridized carbons (Fsp3) is 0.429. The van der Waals surface area contributed by atoms with Crippen molar-refractivity contribution in [3.63, 3.8) is 0 Å². The van der Waals surface area contributed by atoms with Crippen molar-refractivity contribution in [2.45, 2.75) is 91.2 Å². The Hall–Kier alpha value is -5.46. The van der Waals surface area contributed by atoms with Gasteiger partial charge < -0.3 is 44.7 Å². The normalized spacial score (nSPS) is 32.1. The Labute approximate surface area is 323 Å². The molecule has 2 aliphatic heterocycles. The summed E-state index contributed by atoms with van der Waals surface area (Å²) in [5.74, 6) is -1.18. The van der Waals surface area contributed by atoms with Gasteiger partial charge in [0.25, 0.3) is 11.7 Å². The van der Waals surface area contributed by atoms with Gasteiger partial charge in [-0.2, -0.15) is 0 Å². The maximum atomic E-state index is 14.5. The first kappa shape index (κ1) is 40.2. The molecule has 1 fully saturated rings. The smallest absolute Gasteiger partial charge is 0.302 e. The molecule has 2 aromatic heterocycles. The number of pyridine rings is 1.